The molecule has 2 rings (SSSR count). The van der Waals surface area contributed by atoms with Crippen molar-refractivity contribution in [2.45, 2.75) is 6.92 Å². The number of benzene rings is 1. The fraction of sp³-hybridized carbons (Fsp3) is 0.0769. The van der Waals surface area contributed by atoms with Gasteiger partial charge >= 0.3 is 5.97 Å². The summed E-state index contributed by atoms with van der Waals surface area (Å²) in [6.07, 6.45) is 0. The molecule has 0 radical (unpaired) electrons. The van der Waals surface area contributed by atoms with Crippen molar-refractivity contribution in [3.63, 3.8) is 0 Å². The fourth-order valence-corrected chi connectivity index (χ4v) is 1.59. The minimum Gasteiger partial charge on any atom is -0.478 e. The number of halogens is 2. The molecule has 0 aliphatic rings. The Hall–Kier alpha value is -2.50. The average Bonchev–Trinajstić information content (AvgIpc) is 2.32. The van der Waals surface area contributed by atoms with Gasteiger partial charge in [0, 0.05) is 6.07 Å². The second-order valence-corrected chi connectivity index (χ2v) is 3.88. The highest BCUT2D eigenvalue weighted by Crippen LogP contribution is 2.20. The molecular formula is C13H10F2N2O2. The van der Waals surface area contributed by atoms with Gasteiger partial charge in [0.1, 0.15) is 17.5 Å². The van der Waals surface area contributed by atoms with Crippen LogP contribution in [-0.4, -0.2) is 16.1 Å². The van der Waals surface area contributed by atoms with Crippen molar-refractivity contribution in [3.05, 3.63) is 53.2 Å². The molecule has 1 aromatic carbocycles. The number of nitrogens with one attached hydrogen (secondary N) is 1. The molecule has 0 aliphatic heterocycles. The Balaban J connectivity index is 2.29. The Morgan fingerprint density at radius 1 is 1.26 bits per heavy atom. The minimum absolute atomic E-state index is 0.0661. The molecule has 4 nitrogen and oxygen atoms in total. The first-order valence-corrected chi connectivity index (χ1v) is 5.40. The van der Waals surface area contributed by atoms with Crippen molar-refractivity contribution >= 4 is 17.5 Å². The number of rotatable bonds is 3. The number of aryl methyl sites for hydroxylation is 1. The Bertz CT molecular complexity index is 645. The fourth-order valence-electron chi connectivity index (χ4n) is 1.59. The predicted molar refractivity (Wildman–Crippen MR) is 65.6 cm³/mol. The lowest BCUT2D eigenvalue weighted by molar-refractivity contribution is 0.0695. The van der Waals surface area contributed by atoms with Crippen molar-refractivity contribution in [3.8, 4) is 0 Å². The number of aromatic nitrogens is 1. The number of nitrogens with zero attached hydrogens (tertiary/aromatic N) is 1. The molecule has 0 unspecified atom stereocenters. The first-order valence-electron chi connectivity index (χ1n) is 5.40. The van der Waals surface area contributed by atoms with Gasteiger partial charge in [-0.2, -0.15) is 0 Å². The SMILES string of the molecule is Cc1nc(Nc2ccc(F)cc2F)ccc1C(=O)O. The van der Waals surface area contributed by atoms with Crippen LogP contribution in [0.4, 0.5) is 20.3 Å². The Kier molecular flexibility index (Phi) is 3.41. The average molecular weight is 264 g/mol. The Labute approximate surface area is 107 Å². The number of anilines is 2. The van der Waals surface area contributed by atoms with Crippen LogP contribution in [0.1, 0.15) is 16.1 Å². The molecule has 0 amide bonds. The molecule has 0 saturated heterocycles. The Morgan fingerprint density at radius 2 is 2.00 bits per heavy atom. The Morgan fingerprint density at radius 3 is 2.58 bits per heavy atom. The van der Waals surface area contributed by atoms with Crippen LogP contribution in [0.2, 0.25) is 0 Å². The van der Waals surface area contributed by atoms with E-state index in [0.29, 0.717) is 5.69 Å². The van der Waals surface area contributed by atoms with Gasteiger partial charge in [-0.3, -0.25) is 0 Å². The predicted octanol–water partition coefficient (Wildman–Crippen LogP) is 3.11. The summed E-state index contributed by atoms with van der Waals surface area (Å²) in [6, 6.07) is 5.89. The van der Waals surface area contributed by atoms with Crippen LogP contribution in [0.15, 0.2) is 30.3 Å². The van der Waals surface area contributed by atoms with E-state index in [4.69, 9.17) is 5.11 Å². The van der Waals surface area contributed by atoms with E-state index < -0.39 is 17.6 Å². The maximum Gasteiger partial charge on any atom is 0.337 e. The van der Waals surface area contributed by atoms with Gasteiger partial charge in [0.25, 0.3) is 0 Å². The van der Waals surface area contributed by atoms with Crippen molar-refractivity contribution < 1.29 is 18.7 Å². The molecule has 0 bridgehead atoms. The molecular weight excluding hydrogens is 254 g/mol. The lowest BCUT2D eigenvalue weighted by Gasteiger charge is -2.08. The number of pyridine rings is 1. The summed E-state index contributed by atoms with van der Waals surface area (Å²) in [5.74, 6) is -2.22. The second kappa shape index (κ2) is 5.01. The summed E-state index contributed by atoms with van der Waals surface area (Å²) in [5.41, 5.74) is 0.446. The largest absolute Gasteiger partial charge is 0.478 e. The summed E-state index contributed by atoms with van der Waals surface area (Å²) in [5, 5.41) is 11.5. The van der Waals surface area contributed by atoms with Crippen LogP contribution in [0.5, 0.6) is 0 Å². The first kappa shape index (κ1) is 12.9. The lowest BCUT2D eigenvalue weighted by atomic mass is 10.2. The van der Waals surface area contributed by atoms with Crippen molar-refractivity contribution in [2.75, 3.05) is 5.32 Å². The molecule has 6 heteroatoms. The van der Waals surface area contributed by atoms with Crippen LogP contribution in [-0.2, 0) is 0 Å². The van der Waals surface area contributed by atoms with Crippen LogP contribution in [0.3, 0.4) is 0 Å². The molecule has 0 saturated carbocycles. The molecule has 0 atom stereocenters. The highest BCUT2D eigenvalue weighted by molar-refractivity contribution is 5.89. The van der Waals surface area contributed by atoms with Gasteiger partial charge in [-0.25, -0.2) is 18.6 Å². The van der Waals surface area contributed by atoms with E-state index in [-0.39, 0.29) is 17.1 Å². The van der Waals surface area contributed by atoms with Gasteiger partial charge in [0.05, 0.1) is 16.9 Å². The smallest absolute Gasteiger partial charge is 0.337 e. The van der Waals surface area contributed by atoms with Crippen molar-refractivity contribution in [2.24, 2.45) is 0 Å². The highest BCUT2D eigenvalue weighted by atomic mass is 19.1. The molecule has 1 aromatic heterocycles. The van der Waals surface area contributed by atoms with Crippen molar-refractivity contribution in [1.82, 2.24) is 4.98 Å². The highest BCUT2D eigenvalue weighted by Gasteiger charge is 2.10. The summed E-state index contributed by atoms with van der Waals surface area (Å²) >= 11 is 0. The zero-order valence-electron chi connectivity index (χ0n) is 9.95. The van der Waals surface area contributed by atoms with E-state index in [1.54, 1.807) is 0 Å². The normalized spacial score (nSPS) is 10.3. The van der Waals surface area contributed by atoms with Gasteiger partial charge in [0.2, 0.25) is 0 Å². The van der Waals surface area contributed by atoms with Gasteiger partial charge in [-0.15, -0.1) is 0 Å². The van der Waals surface area contributed by atoms with Crippen molar-refractivity contribution in [1.29, 1.82) is 0 Å². The number of hydrogen-bond donors (Lipinski definition) is 2. The van der Waals surface area contributed by atoms with Crippen LogP contribution < -0.4 is 5.32 Å². The summed E-state index contributed by atoms with van der Waals surface area (Å²) in [7, 11) is 0. The maximum absolute atomic E-state index is 13.4. The molecule has 0 spiro atoms. The van der Waals surface area contributed by atoms with E-state index in [9.17, 15) is 13.6 Å². The van der Waals surface area contributed by atoms with E-state index in [0.717, 1.165) is 12.1 Å². The number of carboxylic acid groups (broad SMARTS) is 1. The second-order valence-electron chi connectivity index (χ2n) is 3.88. The number of hydrogen-bond acceptors (Lipinski definition) is 3. The summed E-state index contributed by atoms with van der Waals surface area (Å²) in [6.45, 7) is 1.54. The first-order chi connectivity index (χ1) is 8.97. The van der Waals surface area contributed by atoms with E-state index >= 15 is 0 Å². The molecule has 0 aliphatic carbocycles. The van der Waals surface area contributed by atoms with Gasteiger partial charge in [-0.05, 0) is 31.2 Å². The summed E-state index contributed by atoms with van der Waals surface area (Å²) in [4.78, 5) is 14.8. The molecule has 0 fully saturated rings. The van der Waals surface area contributed by atoms with Crippen LogP contribution >= 0.6 is 0 Å². The molecule has 98 valence electrons. The van der Waals surface area contributed by atoms with E-state index in [2.05, 4.69) is 10.3 Å². The molecule has 2 N–H and O–H groups in total. The standard InChI is InChI=1S/C13H10F2N2O2/c1-7-9(13(18)19)3-5-12(16-7)17-11-4-2-8(14)6-10(11)15/h2-6H,1H3,(H,16,17)(H,18,19). The maximum atomic E-state index is 13.4. The monoisotopic (exact) mass is 264 g/mol. The van der Waals surface area contributed by atoms with Crippen LogP contribution in [0.25, 0.3) is 0 Å². The minimum atomic E-state index is -1.08. The number of carboxylic acids is 1. The molecule has 19 heavy (non-hydrogen) atoms. The topological polar surface area (TPSA) is 62.2 Å². The number of aromatic carboxylic acids is 1. The van der Waals surface area contributed by atoms with Gasteiger partial charge in [0.15, 0.2) is 0 Å². The van der Waals surface area contributed by atoms with Crippen LogP contribution in [0, 0.1) is 18.6 Å². The third kappa shape index (κ3) is 2.85. The quantitative estimate of drug-likeness (QED) is 0.894. The number of carbonyl (C=O) groups is 1. The van der Waals surface area contributed by atoms with E-state index in [1.807, 2.05) is 0 Å². The zero-order valence-corrected chi connectivity index (χ0v) is 9.95. The van der Waals surface area contributed by atoms with E-state index in [1.165, 1.54) is 25.1 Å². The third-order valence-electron chi connectivity index (χ3n) is 2.51. The van der Waals surface area contributed by atoms with Gasteiger partial charge in [-0.1, -0.05) is 0 Å². The molecule has 1 heterocycles. The molecule has 2 aromatic rings. The van der Waals surface area contributed by atoms with Gasteiger partial charge < -0.3 is 10.4 Å². The zero-order chi connectivity index (χ0) is 14.0. The lowest BCUT2D eigenvalue weighted by Crippen LogP contribution is -2.04. The third-order valence-corrected chi connectivity index (χ3v) is 2.51. The summed E-state index contributed by atoms with van der Waals surface area (Å²) < 4.78 is 26.2.